The second-order valence-corrected chi connectivity index (χ2v) is 7.09. The van der Waals surface area contributed by atoms with Crippen molar-refractivity contribution in [3.8, 4) is 12.3 Å². The number of benzene rings is 1. The Kier molecular flexibility index (Phi) is 5.99. The minimum Gasteiger partial charge on any atom is -0.336 e. The van der Waals surface area contributed by atoms with E-state index in [1.165, 1.54) is 6.07 Å². The second kappa shape index (κ2) is 8.01. The molecule has 0 saturated carbocycles. The van der Waals surface area contributed by atoms with Crippen molar-refractivity contribution in [2.24, 2.45) is 5.92 Å². The summed E-state index contributed by atoms with van der Waals surface area (Å²) in [6, 6.07) is 10.8. The molecule has 0 fully saturated rings. The predicted octanol–water partition coefficient (Wildman–Crippen LogP) is 4.16. The number of carbonyl (C=O) groups excluding carboxylic acids is 1. The zero-order valence-corrected chi connectivity index (χ0v) is 15.6. The normalized spacial score (nSPS) is 11.1. The van der Waals surface area contributed by atoms with E-state index in [-0.39, 0.29) is 5.56 Å². The number of halogens is 1. The number of para-hydroxylation sites is 1. The molecule has 1 N–H and O–H groups in total. The lowest BCUT2D eigenvalue weighted by molar-refractivity contribution is 0.0929. The number of rotatable bonds is 6. The SMILES string of the molecule is C#CC(C)(C)NC(=O)c1cc(F)cnc1N(CC(C)C)c1ccccc1. The fourth-order valence-corrected chi connectivity index (χ4v) is 2.49. The average molecular weight is 353 g/mol. The van der Waals surface area contributed by atoms with Crippen molar-refractivity contribution in [3.63, 3.8) is 0 Å². The molecule has 0 radical (unpaired) electrons. The van der Waals surface area contributed by atoms with Gasteiger partial charge in [-0.25, -0.2) is 9.37 Å². The van der Waals surface area contributed by atoms with Crippen LogP contribution in [0.25, 0.3) is 0 Å². The molecule has 136 valence electrons. The third-order valence-electron chi connectivity index (χ3n) is 3.74. The summed E-state index contributed by atoms with van der Waals surface area (Å²) < 4.78 is 13.8. The average Bonchev–Trinajstić information content (AvgIpc) is 2.60. The van der Waals surface area contributed by atoms with E-state index in [9.17, 15) is 9.18 Å². The molecule has 0 bridgehead atoms. The third kappa shape index (κ3) is 4.82. The van der Waals surface area contributed by atoms with Crippen LogP contribution in [-0.4, -0.2) is 23.0 Å². The van der Waals surface area contributed by atoms with Crippen LogP contribution in [0.3, 0.4) is 0 Å². The first-order valence-electron chi connectivity index (χ1n) is 8.52. The Balaban J connectivity index is 2.52. The van der Waals surface area contributed by atoms with Crippen LogP contribution in [0.15, 0.2) is 42.6 Å². The number of aromatic nitrogens is 1. The van der Waals surface area contributed by atoms with Gasteiger partial charge in [-0.05, 0) is 38.0 Å². The Hall–Kier alpha value is -2.87. The molecule has 1 heterocycles. The van der Waals surface area contributed by atoms with E-state index in [2.05, 4.69) is 30.1 Å². The molecule has 4 nitrogen and oxygen atoms in total. The van der Waals surface area contributed by atoms with Gasteiger partial charge in [0, 0.05) is 12.2 Å². The zero-order chi connectivity index (χ0) is 19.3. The van der Waals surface area contributed by atoms with E-state index in [4.69, 9.17) is 6.42 Å². The van der Waals surface area contributed by atoms with E-state index in [0.717, 1.165) is 11.9 Å². The molecule has 1 aromatic carbocycles. The summed E-state index contributed by atoms with van der Waals surface area (Å²) in [5.41, 5.74) is 0.180. The zero-order valence-electron chi connectivity index (χ0n) is 15.6. The molecule has 2 aromatic rings. The number of hydrogen-bond acceptors (Lipinski definition) is 3. The quantitative estimate of drug-likeness (QED) is 0.793. The van der Waals surface area contributed by atoms with Gasteiger partial charge in [0.2, 0.25) is 0 Å². The number of nitrogens with one attached hydrogen (secondary N) is 1. The van der Waals surface area contributed by atoms with Crippen LogP contribution in [0.1, 0.15) is 38.1 Å². The number of pyridine rings is 1. The number of carbonyl (C=O) groups is 1. The highest BCUT2D eigenvalue weighted by molar-refractivity contribution is 6.00. The lowest BCUT2D eigenvalue weighted by Crippen LogP contribution is -2.42. The van der Waals surface area contributed by atoms with Crippen molar-refractivity contribution in [3.05, 3.63) is 54.0 Å². The fraction of sp³-hybridized carbons (Fsp3) is 0.333. The molecule has 1 aromatic heterocycles. The van der Waals surface area contributed by atoms with Crippen molar-refractivity contribution in [2.45, 2.75) is 33.2 Å². The topological polar surface area (TPSA) is 45.2 Å². The molecule has 2 rings (SSSR count). The lowest BCUT2D eigenvalue weighted by atomic mass is 10.1. The summed E-state index contributed by atoms with van der Waals surface area (Å²) in [5, 5.41) is 2.74. The number of nitrogens with zero attached hydrogens (tertiary/aromatic N) is 2. The van der Waals surface area contributed by atoms with Crippen LogP contribution in [-0.2, 0) is 0 Å². The van der Waals surface area contributed by atoms with Gasteiger partial charge in [-0.15, -0.1) is 6.42 Å². The highest BCUT2D eigenvalue weighted by Gasteiger charge is 2.25. The van der Waals surface area contributed by atoms with Crippen LogP contribution < -0.4 is 10.2 Å². The molecule has 0 unspecified atom stereocenters. The maximum Gasteiger partial charge on any atom is 0.256 e. The fourth-order valence-electron chi connectivity index (χ4n) is 2.49. The highest BCUT2D eigenvalue weighted by Crippen LogP contribution is 2.28. The van der Waals surface area contributed by atoms with Gasteiger partial charge in [-0.3, -0.25) is 4.79 Å². The van der Waals surface area contributed by atoms with Gasteiger partial charge in [0.15, 0.2) is 0 Å². The Bertz CT molecular complexity index is 810. The molecule has 26 heavy (non-hydrogen) atoms. The van der Waals surface area contributed by atoms with Gasteiger partial charge in [0.05, 0.1) is 17.3 Å². The van der Waals surface area contributed by atoms with Crippen molar-refractivity contribution in [1.82, 2.24) is 10.3 Å². The maximum absolute atomic E-state index is 13.8. The molecule has 0 spiro atoms. The third-order valence-corrected chi connectivity index (χ3v) is 3.74. The van der Waals surface area contributed by atoms with E-state index in [1.807, 2.05) is 35.2 Å². The lowest BCUT2D eigenvalue weighted by Gasteiger charge is -2.28. The van der Waals surface area contributed by atoms with Crippen molar-refractivity contribution < 1.29 is 9.18 Å². The van der Waals surface area contributed by atoms with Gasteiger partial charge >= 0.3 is 0 Å². The maximum atomic E-state index is 13.8. The van der Waals surface area contributed by atoms with Crippen molar-refractivity contribution in [1.29, 1.82) is 0 Å². The molecule has 0 atom stereocenters. The molecule has 0 aliphatic carbocycles. The van der Waals surface area contributed by atoms with Gasteiger partial charge in [-0.1, -0.05) is 38.0 Å². The summed E-state index contributed by atoms with van der Waals surface area (Å²) >= 11 is 0. The first-order chi connectivity index (χ1) is 12.2. The number of hydrogen-bond donors (Lipinski definition) is 1. The van der Waals surface area contributed by atoms with Crippen molar-refractivity contribution >= 4 is 17.4 Å². The van der Waals surface area contributed by atoms with Crippen molar-refractivity contribution in [2.75, 3.05) is 11.4 Å². The molecule has 0 saturated heterocycles. The first kappa shape index (κ1) is 19.5. The van der Waals surface area contributed by atoms with E-state index >= 15 is 0 Å². The van der Waals surface area contributed by atoms with E-state index in [1.54, 1.807) is 13.8 Å². The van der Waals surface area contributed by atoms with Gasteiger partial charge in [-0.2, -0.15) is 0 Å². The van der Waals surface area contributed by atoms with Crippen LogP contribution in [0.2, 0.25) is 0 Å². The standard InChI is InChI=1S/C21H24FN3O/c1-6-21(4,5)24-20(26)18-12-16(22)13-23-19(18)25(14-15(2)3)17-10-8-7-9-11-17/h1,7-13,15H,14H2,2-5H3,(H,24,26). The molecule has 0 aliphatic rings. The summed E-state index contributed by atoms with van der Waals surface area (Å²) in [6.45, 7) is 8.18. The smallest absolute Gasteiger partial charge is 0.256 e. The first-order valence-corrected chi connectivity index (χ1v) is 8.52. The molecule has 0 aliphatic heterocycles. The van der Waals surface area contributed by atoms with Crippen LogP contribution in [0.4, 0.5) is 15.9 Å². The van der Waals surface area contributed by atoms with E-state index in [0.29, 0.717) is 18.3 Å². The number of anilines is 2. The van der Waals surface area contributed by atoms with E-state index < -0.39 is 17.3 Å². The van der Waals surface area contributed by atoms with Crippen LogP contribution in [0, 0.1) is 24.1 Å². The Labute approximate surface area is 154 Å². The predicted molar refractivity (Wildman–Crippen MR) is 103 cm³/mol. The van der Waals surface area contributed by atoms with Crippen LogP contribution in [0.5, 0.6) is 0 Å². The Morgan fingerprint density at radius 3 is 2.58 bits per heavy atom. The Morgan fingerprint density at radius 1 is 1.35 bits per heavy atom. The number of terminal acetylenes is 1. The van der Waals surface area contributed by atoms with Gasteiger partial charge in [0.1, 0.15) is 11.6 Å². The summed E-state index contributed by atoms with van der Waals surface area (Å²) in [7, 11) is 0. The molecular formula is C21H24FN3O. The molecule has 5 heteroatoms. The minimum atomic E-state index is -0.851. The largest absolute Gasteiger partial charge is 0.336 e. The Morgan fingerprint density at radius 2 is 2.00 bits per heavy atom. The van der Waals surface area contributed by atoms with Crippen LogP contribution >= 0.6 is 0 Å². The molecule has 1 amide bonds. The number of amides is 1. The summed E-state index contributed by atoms with van der Waals surface area (Å²) in [5.74, 6) is 2.18. The highest BCUT2D eigenvalue weighted by atomic mass is 19.1. The minimum absolute atomic E-state index is 0.151. The van der Waals surface area contributed by atoms with Gasteiger partial charge in [0.25, 0.3) is 5.91 Å². The monoisotopic (exact) mass is 353 g/mol. The van der Waals surface area contributed by atoms with Gasteiger partial charge < -0.3 is 10.2 Å². The summed E-state index contributed by atoms with van der Waals surface area (Å²) in [4.78, 5) is 18.9. The summed E-state index contributed by atoms with van der Waals surface area (Å²) in [6.07, 6.45) is 6.57. The molecular weight excluding hydrogens is 329 g/mol. The second-order valence-electron chi connectivity index (χ2n) is 7.09.